The molecule has 0 saturated carbocycles. The van der Waals surface area contributed by atoms with Crippen molar-refractivity contribution in [3.63, 3.8) is 0 Å². The smallest absolute Gasteiger partial charge is 0.221 e. The average Bonchev–Trinajstić information content (AvgIpc) is 3.10. The maximum atomic E-state index is 11.4. The standard InChI is InChI=1S/C19H25N3O2/c1-14(18-8-4-10-24-18)21-17-7-2-5-15(11-17)12-22-9-3-6-16(13-22)19(20)23/h2,4-5,7-8,10-11,14,16,21H,3,6,9,12-13H2,1H3,(H2,20,23)/t14-,16-/m1/s1. The molecule has 0 unspecified atom stereocenters. The molecule has 1 aromatic heterocycles. The van der Waals surface area contributed by atoms with Gasteiger partial charge in [-0.3, -0.25) is 9.69 Å². The highest BCUT2D eigenvalue weighted by molar-refractivity contribution is 5.76. The number of furan rings is 1. The SMILES string of the molecule is C[C@@H](Nc1cccc(CN2CCC[C@@H](C(N)=O)C2)c1)c1ccco1. The van der Waals surface area contributed by atoms with Crippen LogP contribution in [-0.4, -0.2) is 23.9 Å². The Bertz CT molecular complexity index is 669. The fourth-order valence-corrected chi connectivity index (χ4v) is 3.31. The average molecular weight is 327 g/mol. The number of carbonyl (C=O) groups excluding carboxylic acids is 1. The lowest BCUT2D eigenvalue weighted by Crippen LogP contribution is -2.40. The topological polar surface area (TPSA) is 71.5 Å². The normalized spacial score (nSPS) is 19.8. The summed E-state index contributed by atoms with van der Waals surface area (Å²) in [5, 5.41) is 3.46. The summed E-state index contributed by atoms with van der Waals surface area (Å²) < 4.78 is 5.44. The summed E-state index contributed by atoms with van der Waals surface area (Å²) in [5.41, 5.74) is 7.77. The lowest BCUT2D eigenvalue weighted by atomic mass is 9.97. The van der Waals surface area contributed by atoms with Gasteiger partial charge in [-0.2, -0.15) is 0 Å². The van der Waals surface area contributed by atoms with Crippen molar-refractivity contribution in [1.82, 2.24) is 4.90 Å². The molecule has 5 heteroatoms. The van der Waals surface area contributed by atoms with Crippen LogP contribution in [0.1, 0.15) is 37.1 Å². The monoisotopic (exact) mass is 327 g/mol. The first kappa shape index (κ1) is 16.6. The number of anilines is 1. The first-order valence-corrected chi connectivity index (χ1v) is 8.52. The number of hydrogen-bond acceptors (Lipinski definition) is 4. The zero-order chi connectivity index (χ0) is 16.9. The highest BCUT2D eigenvalue weighted by Gasteiger charge is 2.23. The number of nitrogens with two attached hydrogens (primary N) is 1. The number of benzene rings is 1. The number of amides is 1. The number of rotatable bonds is 6. The van der Waals surface area contributed by atoms with Crippen molar-refractivity contribution in [1.29, 1.82) is 0 Å². The predicted octanol–water partition coefficient (Wildman–Crippen LogP) is 3.15. The van der Waals surface area contributed by atoms with E-state index in [1.807, 2.05) is 12.1 Å². The highest BCUT2D eigenvalue weighted by atomic mass is 16.3. The van der Waals surface area contributed by atoms with Crippen LogP contribution in [0.25, 0.3) is 0 Å². The van der Waals surface area contributed by atoms with Crippen molar-refractivity contribution in [3.8, 4) is 0 Å². The molecule has 2 atom stereocenters. The van der Waals surface area contributed by atoms with E-state index in [2.05, 4.69) is 41.4 Å². The zero-order valence-electron chi connectivity index (χ0n) is 14.1. The second kappa shape index (κ2) is 7.53. The molecule has 5 nitrogen and oxygen atoms in total. The fourth-order valence-electron chi connectivity index (χ4n) is 3.31. The minimum absolute atomic E-state index is 0.0148. The number of primary amides is 1. The third-order valence-electron chi connectivity index (χ3n) is 4.59. The minimum atomic E-state index is -0.178. The summed E-state index contributed by atoms with van der Waals surface area (Å²) in [6, 6.07) is 12.4. The Morgan fingerprint density at radius 3 is 3.04 bits per heavy atom. The number of hydrogen-bond donors (Lipinski definition) is 2. The summed E-state index contributed by atoms with van der Waals surface area (Å²) in [7, 11) is 0. The van der Waals surface area contributed by atoms with E-state index in [0.29, 0.717) is 0 Å². The first-order chi connectivity index (χ1) is 11.6. The second-order valence-corrected chi connectivity index (χ2v) is 6.56. The van der Waals surface area contributed by atoms with Crippen molar-refractivity contribution >= 4 is 11.6 Å². The quantitative estimate of drug-likeness (QED) is 0.855. The lowest BCUT2D eigenvalue weighted by Gasteiger charge is -2.31. The third kappa shape index (κ3) is 4.17. The molecule has 1 fully saturated rings. The van der Waals surface area contributed by atoms with Crippen molar-refractivity contribution in [3.05, 3.63) is 54.0 Å². The Balaban J connectivity index is 1.61. The van der Waals surface area contributed by atoms with Crippen LogP contribution in [0.4, 0.5) is 5.69 Å². The van der Waals surface area contributed by atoms with Gasteiger partial charge < -0.3 is 15.5 Å². The van der Waals surface area contributed by atoms with Crippen LogP contribution in [-0.2, 0) is 11.3 Å². The van der Waals surface area contributed by atoms with Crippen LogP contribution < -0.4 is 11.1 Å². The minimum Gasteiger partial charge on any atom is -0.467 e. The molecule has 3 N–H and O–H groups in total. The van der Waals surface area contributed by atoms with Crippen LogP contribution in [0.3, 0.4) is 0 Å². The van der Waals surface area contributed by atoms with E-state index in [-0.39, 0.29) is 17.9 Å². The van der Waals surface area contributed by atoms with E-state index in [9.17, 15) is 4.79 Å². The Morgan fingerprint density at radius 2 is 2.29 bits per heavy atom. The first-order valence-electron chi connectivity index (χ1n) is 8.52. The Labute approximate surface area is 142 Å². The van der Waals surface area contributed by atoms with Gasteiger partial charge >= 0.3 is 0 Å². The molecule has 2 heterocycles. The molecule has 0 aliphatic carbocycles. The number of carbonyl (C=O) groups is 1. The van der Waals surface area contributed by atoms with Gasteiger partial charge in [0.1, 0.15) is 5.76 Å². The van der Waals surface area contributed by atoms with E-state index in [4.69, 9.17) is 10.2 Å². The summed E-state index contributed by atoms with van der Waals surface area (Å²) >= 11 is 0. The van der Waals surface area contributed by atoms with Gasteiger partial charge in [0.05, 0.1) is 18.2 Å². The van der Waals surface area contributed by atoms with E-state index < -0.39 is 0 Å². The zero-order valence-corrected chi connectivity index (χ0v) is 14.1. The highest BCUT2D eigenvalue weighted by Crippen LogP contribution is 2.22. The molecule has 1 amide bonds. The number of nitrogens with one attached hydrogen (secondary N) is 1. The van der Waals surface area contributed by atoms with Gasteiger partial charge in [-0.15, -0.1) is 0 Å². The molecule has 24 heavy (non-hydrogen) atoms. The van der Waals surface area contributed by atoms with Gasteiger partial charge in [0.15, 0.2) is 0 Å². The van der Waals surface area contributed by atoms with Crippen LogP contribution >= 0.6 is 0 Å². The number of piperidine rings is 1. The number of likely N-dealkylation sites (tertiary alicyclic amines) is 1. The molecule has 1 aromatic carbocycles. The molecule has 1 aliphatic rings. The van der Waals surface area contributed by atoms with Gasteiger partial charge in [-0.05, 0) is 56.1 Å². The van der Waals surface area contributed by atoms with Crippen molar-refractivity contribution in [2.75, 3.05) is 18.4 Å². The second-order valence-electron chi connectivity index (χ2n) is 6.56. The molecule has 2 aromatic rings. The Hall–Kier alpha value is -2.27. The summed E-state index contributed by atoms with van der Waals surface area (Å²) in [6.45, 7) is 4.70. The van der Waals surface area contributed by atoms with Gasteiger partial charge in [0.2, 0.25) is 5.91 Å². The van der Waals surface area contributed by atoms with Gasteiger partial charge in [-0.25, -0.2) is 0 Å². The predicted molar refractivity (Wildman–Crippen MR) is 94.4 cm³/mol. The molecule has 0 spiro atoms. The van der Waals surface area contributed by atoms with Crippen LogP contribution in [0.5, 0.6) is 0 Å². The molecule has 3 rings (SSSR count). The maximum absolute atomic E-state index is 11.4. The Kier molecular flexibility index (Phi) is 5.20. The molecule has 1 aliphatic heterocycles. The van der Waals surface area contributed by atoms with Crippen LogP contribution in [0, 0.1) is 5.92 Å². The third-order valence-corrected chi connectivity index (χ3v) is 4.59. The molecule has 128 valence electrons. The van der Waals surface area contributed by atoms with E-state index in [0.717, 1.165) is 43.9 Å². The maximum Gasteiger partial charge on any atom is 0.221 e. The van der Waals surface area contributed by atoms with E-state index in [1.165, 1.54) is 5.56 Å². The van der Waals surface area contributed by atoms with Gasteiger partial charge in [0.25, 0.3) is 0 Å². The van der Waals surface area contributed by atoms with Crippen molar-refractivity contribution in [2.24, 2.45) is 11.7 Å². The molecular formula is C19H25N3O2. The number of nitrogens with zero attached hydrogens (tertiary/aromatic N) is 1. The molecule has 0 bridgehead atoms. The summed E-state index contributed by atoms with van der Waals surface area (Å²) in [4.78, 5) is 13.7. The van der Waals surface area contributed by atoms with Crippen molar-refractivity contribution < 1.29 is 9.21 Å². The van der Waals surface area contributed by atoms with Gasteiger partial charge in [-0.1, -0.05) is 12.1 Å². The van der Waals surface area contributed by atoms with E-state index >= 15 is 0 Å². The lowest BCUT2D eigenvalue weighted by molar-refractivity contribution is -0.123. The van der Waals surface area contributed by atoms with Crippen LogP contribution in [0.15, 0.2) is 47.1 Å². The Morgan fingerprint density at radius 1 is 1.42 bits per heavy atom. The van der Waals surface area contributed by atoms with Gasteiger partial charge in [0, 0.05) is 18.8 Å². The van der Waals surface area contributed by atoms with Crippen molar-refractivity contribution in [2.45, 2.75) is 32.4 Å². The van der Waals surface area contributed by atoms with E-state index in [1.54, 1.807) is 6.26 Å². The van der Waals surface area contributed by atoms with Crippen LogP contribution in [0.2, 0.25) is 0 Å². The largest absolute Gasteiger partial charge is 0.467 e. The summed E-state index contributed by atoms with van der Waals surface area (Å²) in [6.07, 6.45) is 3.63. The fraction of sp³-hybridized carbons (Fsp3) is 0.421. The molecular weight excluding hydrogens is 302 g/mol. The molecule has 0 radical (unpaired) electrons. The summed E-state index contributed by atoms with van der Waals surface area (Å²) in [5.74, 6) is 0.724. The molecule has 1 saturated heterocycles.